The molecule has 152 valence electrons. The van der Waals surface area contributed by atoms with Gasteiger partial charge in [0.05, 0.1) is 16.3 Å². The molecular weight excluding hydrogens is 398 g/mol. The minimum atomic E-state index is -1.16. The largest absolute Gasteiger partial charge is 0.459 e. The van der Waals surface area contributed by atoms with Gasteiger partial charge in [-0.1, -0.05) is 24.3 Å². The summed E-state index contributed by atoms with van der Waals surface area (Å²) in [4.78, 5) is 50.8. The highest BCUT2D eigenvalue weighted by Gasteiger charge is 2.40. The maximum absolute atomic E-state index is 12.7. The Labute approximate surface area is 172 Å². The Morgan fingerprint density at radius 3 is 2.41 bits per heavy atom. The Bertz CT molecular complexity index is 907. The average molecular weight is 418 g/mol. The molecule has 2 amide bonds. The number of hydrogen-bond donors (Lipinski definition) is 0. The van der Waals surface area contributed by atoms with Crippen molar-refractivity contribution in [2.75, 3.05) is 11.5 Å². The van der Waals surface area contributed by atoms with E-state index in [1.807, 2.05) is 0 Å². The van der Waals surface area contributed by atoms with Gasteiger partial charge in [0, 0.05) is 11.1 Å². The van der Waals surface area contributed by atoms with Gasteiger partial charge in [-0.2, -0.15) is 0 Å². The second-order valence-corrected chi connectivity index (χ2v) is 7.15. The fourth-order valence-electron chi connectivity index (χ4n) is 3.31. The number of ether oxygens (including phenoxy) is 2. The van der Waals surface area contributed by atoms with Gasteiger partial charge in [-0.25, -0.2) is 14.5 Å². The molecule has 1 atom stereocenters. The van der Waals surface area contributed by atoms with Gasteiger partial charge in [0.2, 0.25) is 0 Å². The van der Waals surface area contributed by atoms with E-state index in [0.29, 0.717) is 24.0 Å². The van der Waals surface area contributed by atoms with E-state index in [-0.39, 0.29) is 34.7 Å². The molecule has 1 heterocycles. The molecule has 29 heavy (non-hydrogen) atoms. The third-order valence-corrected chi connectivity index (χ3v) is 5.11. The van der Waals surface area contributed by atoms with Crippen molar-refractivity contribution in [3.8, 4) is 0 Å². The van der Waals surface area contributed by atoms with Crippen LogP contribution in [0.2, 0.25) is 5.02 Å². The van der Waals surface area contributed by atoms with Crippen LogP contribution in [-0.2, 0) is 23.9 Å². The fraction of sp³-hybridized carbons (Fsp3) is 0.333. The first-order chi connectivity index (χ1) is 13.8. The van der Waals surface area contributed by atoms with Crippen LogP contribution >= 0.6 is 11.6 Å². The highest BCUT2D eigenvalue weighted by molar-refractivity contribution is 6.35. The zero-order valence-electron chi connectivity index (χ0n) is 15.9. The first kappa shape index (κ1) is 20.8. The van der Waals surface area contributed by atoms with Gasteiger partial charge in [-0.15, -0.1) is 0 Å². The van der Waals surface area contributed by atoms with Crippen molar-refractivity contribution in [2.45, 2.75) is 38.7 Å². The highest BCUT2D eigenvalue weighted by atomic mass is 35.5. The summed E-state index contributed by atoms with van der Waals surface area (Å²) >= 11 is 6.11. The predicted molar refractivity (Wildman–Crippen MR) is 105 cm³/mol. The van der Waals surface area contributed by atoms with Crippen LogP contribution in [0.1, 0.15) is 43.0 Å². The summed E-state index contributed by atoms with van der Waals surface area (Å²) in [6.45, 7) is 4.79. The Balaban J connectivity index is 1.81. The third kappa shape index (κ3) is 4.10. The maximum Gasteiger partial charge on any atom is 0.347 e. The first-order valence-electron chi connectivity index (χ1n) is 9.24. The van der Waals surface area contributed by atoms with E-state index < -0.39 is 18.0 Å². The van der Waals surface area contributed by atoms with Gasteiger partial charge >= 0.3 is 11.9 Å². The third-order valence-electron chi connectivity index (χ3n) is 4.78. The van der Waals surface area contributed by atoms with Crippen LogP contribution in [0.4, 0.5) is 5.69 Å². The van der Waals surface area contributed by atoms with E-state index in [9.17, 15) is 19.2 Å². The number of halogens is 1. The molecule has 0 bridgehead atoms. The van der Waals surface area contributed by atoms with Crippen molar-refractivity contribution in [1.29, 1.82) is 0 Å². The van der Waals surface area contributed by atoms with Crippen LogP contribution < -0.4 is 4.90 Å². The summed E-state index contributed by atoms with van der Waals surface area (Å²) in [5.41, 5.74) is 1.25. The lowest BCUT2D eigenvalue weighted by atomic mass is 9.93. The van der Waals surface area contributed by atoms with E-state index in [1.54, 1.807) is 0 Å². The molecule has 0 saturated carbocycles. The van der Waals surface area contributed by atoms with Gasteiger partial charge in [0.25, 0.3) is 11.8 Å². The number of carbonyl (C=O) groups excluding carboxylic acids is 4. The van der Waals surface area contributed by atoms with Crippen LogP contribution in [0.25, 0.3) is 0 Å². The van der Waals surface area contributed by atoms with E-state index in [2.05, 4.69) is 6.58 Å². The van der Waals surface area contributed by atoms with Crippen molar-refractivity contribution < 1.29 is 28.7 Å². The van der Waals surface area contributed by atoms with E-state index in [4.69, 9.17) is 21.1 Å². The molecule has 0 fully saturated rings. The lowest BCUT2D eigenvalue weighted by Crippen LogP contribution is -2.32. The fourth-order valence-corrected chi connectivity index (χ4v) is 3.51. The molecule has 1 aromatic rings. The van der Waals surface area contributed by atoms with E-state index in [0.717, 1.165) is 17.7 Å². The first-order valence-corrected chi connectivity index (χ1v) is 9.61. The normalized spacial score (nSPS) is 17.1. The number of rotatable bonds is 6. The van der Waals surface area contributed by atoms with Gasteiger partial charge in [-0.3, -0.25) is 9.59 Å². The number of nitrogens with zero attached hydrogens (tertiary/aromatic N) is 1. The molecule has 1 aliphatic carbocycles. The lowest BCUT2D eigenvalue weighted by molar-refractivity contribution is -0.151. The summed E-state index contributed by atoms with van der Waals surface area (Å²) in [5.74, 6) is -2.33. The van der Waals surface area contributed by atoms with Crippen LogP contribution in [-0.4, -0.2) is 36.5 Å². The molecule has 0 aromatic heterocycles. The molecule has 0 N–H and O–H groups in total. The van der Waals surface area contributed by atoms with Crippen molar-refractivity contribution in [2.24, 2.45) is 0 Å². The Hall–Kier alpha value is -2.93. The molecule has 7 nitrogen and oxygen atoms in total. The molecule has 0 radical (unpaired) electrons. The average Bonchev–Trinajstić information content (AvgIpc) is 2.97. The lowest BCUT2D eigenvalue weighted by Gasteiger charge is -2.17. The number of esters is 2. The van der Waals surface area contributed by atoms with Crippen molar-refractivity contribution in [3.05, 3.63) is 52.6 Å². The maximum atomic E-state index is 12.7. The van der Waals surface area contributed by atoms with E-state index in [1.165, 1.54) is 31.2 Å². The molecule has 8 heteroatoms. The molecule has 3 rings (SSSR count). The van der Waals surface area contributed by atoms with Crippen molar-refractivity contribution in [3.63, 3.8) is 0 Å². The van der Waals surface area contributed by atoms with Gasteiger partial charge in [0.1, 0.15) is 6.61 Å². The van der Waals surface area contributed by atoms with Gasteiger partial charge in [-0.05, 0) is 50.8 Å². The van der Waals surface area contributed by atoms with Crippen LogP contribution in [0, 0.1) is 0 Å². The SMILES string of the molecule is C=CCOC(=O)[C@@H](C)OC(=O)c1cc(N2C(=O)C3=C(CCCC3)C2=O)ccc1Cl. The second-order valence-electron chi connectivity index (χ2n) is 6.74. The highest BCUT2D eigenvalue weighted by Crippen LogP contribution is 2.36. The zero-order chi connectivity index (χ0) is 21.1. The molecule has 1 aromatic carbocycles. The molecule has 0 saturated heterocycles. The number of anilines is 1. The molecule has 0 spiro atoms. The Morgan fingerprint density at radius 2 is 1.83 bits per heavy atom. The number of hydrogen-bond acceptors (Lipinski definition) is 6. The summed E-state index contributed by atoms with van der Waals surface area (Å²) in [6, 6.07) is 4.22. The molecule has 1 aliphatic heterocycles. The predicted octanol–water partition coefficient (Wildman–Crippen LogP) is 3.36. The summed E-state index contributed by atoms with van der Waals surface area (Å²) in [6.07, 6.45) is 3.11. The molecule has 0 unspecified atom stereocenters. The number of benzene rings is 1. The summed E-state index contributed by atoms with van der Waals surface area (Å²) < 4.78 is 9.95. The standard InChI is InChI=1S/C21H20ClNO6/c1-3-10-28-20(26)12(2)29-21(27)16-11-13(8-9-17(16)22)23-18(24)14-6-4-5-7-15(14)19(23)25/h3,8-9,11-12H,1,4-7,10H2,2H3/t12-/m1/s1. The monoisotopic (exact) mass is 417 g/mol. The zero-order valence-corrected chi connectivity index (χ0v) is 16.7. The van der Waals surface area contributed by atoms with Crippen LogP contribution in [0.3, 0.4) is 0 Å². The molecular formula is C21H20ClNO6. The number of carbonyl (C=O) groups is 4. The van der Waals surface area contributed by atoms with Crippen molar-refractivity contribution >= 4 is 41.0 Å². The number of amides is 2. The summed E-state index contributed by atoms with van der Waals surface area (Å²) in [5, 5.41) is 0.0715. The minimum absolute atomic E-state index is 0.00614. The van der Waals surface area contributed by atoms with E-state index >= 15 is 0 Å². The quantitative estimate of drug-likeness (QED) is 0.400. The topological polar surface area (TPSA) is 90.0 Å². The summed E-state index contributed by atoms with van der Waals surface area (Å²) in [7, 11) is 0. The van der Waals surface area contributed by atoms with Crippen molar-refractivity contribution in [1.82, 2.24) is 0 Å². The minimum Gasteiger partial charge on any atom is -0.459 e. The van der Waals surface area contributed by atoms with Gasteiger partial charge in [0.15, 0.2) is 6.10 Å². The van der Waals surface area contributed by atoms with Crippen LogP contribution in [0.5, 0.6) is 0 Å². The Kier molecular flexibility index (Phi) is 6.17. The Morgan fingerprint density at radius 1 is 1.21 bits per heavy atom. The van der Waals surface area contributed by atoms with Crippen LogP contribution in [0.15, 0.2) is 42.0 Å². The number of imide groups is 1. The second kappa shape index (κ2) is 8.61. The molecule has 2 aliphatic rings. The van der Waals surface area contributed by atoms with Gasteiger partial charge < -0.3 is 9.47 Å². The smallest absolute Gasteiger partial charge is 0.347 e.